The summed E-state index contributed by atoms with van der Waals surface area (Å²) in [6.45, 7) is 53.8. The first-order valence-corrected chi connectivity index (χ1v) is 51.4. The van der Waals surface area contributed by atoms with Crippen LogP contribution < -0.4 is 21.3 Å². The number of hydrogen-bond acceptors (Lipinski definition) is 27. The van der Waals surface area contributed by atoms with Gasteiger partial charge >= 0.3 is 32.7 Å². The number of esters is 2. The van der Waals surface area contributed by atoms with Crippen LogP contribution in [0.15, 0.2) is 24.3 Å². The maximum absolute atomic E-state index is 14.2. The van der Waals surface area contributed by atoms with Gasteiger partial charge in [-0.3, -0.25) is 9.59 Å². The summed E-state index contributed by atoms with van der Waals surface area (Å²) in [5, 5.41) is 12.8. The van der Waals surface area contributed by atoms with E-state index in [-0.39, 0.29) is 124 Å². The monoisotopic (exact) mass is 1780 g/mol. The van der Waals surface area contributed by atoms with Gasteiger partial charge in [0.2, 0.25) is 11.8 Å². The molecule has 0 aromatic heterocycles. The quantitative estimate of drug-likeness (QED) is 0.0144. The van der Waals surface area contributed by atoms with Gasteiger partial charge in [-0.15, -0.1) is 0 Å². The molecule has 0 saturated heterocycles. The van der Waals surface area contributed by atoms with Crippen LogP contribution >= 0.6 is 0 Å². The van der Waals surface area contributed by atoms with Crippen LogP contribution in [0.3, 0.4) is 0 Å². The predicted octanol–water partition coefficient (Wildman–Crippen LogP) is 10.1. The summed E-state index contributed by atoms with van der Waals surface area (Å²) in [5.74, 6) is -0.963. The summed E-state index contributed by atoms with van der Waals surface area (Å²) in [6.07, 6.45) is 6.68. The van der Waals surface area contributed by atoms with Crippen molar-refractivity contribution in [1.82, 2.24) is 21.3 Å². The average Bonchev–Trinajstić information content (AvgIpc) is 0.797. The van der Waals surface area contributed by atoms with E-state index in [2.05, 4.69) is 129 Å². The lowest BCUT2D eigenvalue weighted by Crippen LogP contribution is -2.51. The van der Waals surface area contributed by atoms with Crippen LogP contribution in [0.25, 0.3) is 0 Å². The van der Waals surface area contributed by atoms with E-state index in [1.54, 1.807) is 13.8 Å². The number of carbonyl (C=O) groups is 6. The van der Waals surface area contributed by atoms with E-state index in [0.717, 1.165) is 38.1 Å². The van der Waals surface area contributed by atoms with E-state index in [9.17, 15) is 28.8 Å². The highest BCUT2D eigenvalue weighted by Gasteiger charge is 2.45. The lowest BCUT2D eigenvalue weighted by atomic mass is 9.62. The van der Waals surface area contributed by atoms with E-state index < -0.39 is 54.7 Å². The van der Waals surface area contributed by atoms with Crippen LogP contribution in [-0.4, -0.2) is 322 Å². The number of hydrogen-bond donors (Lipinski definition) is 4. The van der Waals surface area contributed by atoms with Gasteiger partial charge in [0.15, 0.2) is 16.6 Å². The van der Waals surface area contributed by atoms with Gasteiger partial charge in [0, 0.05) is 55.8 Å². The number of carbonyl (C=O) groups excluding carboxylic acids is 6. The topological polar surface area (TPSA) is 407 Å². The third-order valence-electron chi connectivity index (χ3n) is 19.0. The van der Waals surface area contributed by atoms with Crippen LogP contribution in [0, 0.1) is 27.1 Å². The van der Waals surface area contributed by atoms with Crippen molar-refractivity contribution in [3.63, 3.8) is 0 Å². The van der Waals surface area contributed by atoms with Crippen LogP contribution in [0.5, 0.6) is 0 Å². The molecule has 0 aliphatic heterocycles. The second-order valence-corrected chi connectivity index (χ2v) is 47.2. The largest absolute Gasteiger partial charge is 0.460 e. The number of ether oxygens (including phenoxy) is 19. The molecule has 2 fully saturated rings. The molecule has 33 nitrogen and oxygen atoms in total. The molecule has 0 aromatic rings. The maximum Gasteiger partial charge on any atom is 0.407 e. The van der Waals surface area contributed by atoms with E-state index in [0.29, 0.717) is 241 Å². The molecule has 4 amide bonds. The molecule has 0 heterocycles. The highest BCUT2D eigenvalue weighted by Crippen LogP contribution is 2.47. The normalized spacial score (nSPS) is 18.1. The number of rotatable bonds is 73. The lowest BCUT2D eigenvalue weighted by Gasteiger charge is -2.47. The fourth-order valence-corrected chi connectivity index (χ4v) is 27.9. The summed E-state index contributed by atoms with van der Waals surface area (Å²) >= 11 is 0. The van der Waals surface area contributed by atoms with Crippen molar-refractivity contribution in [2.45, 2.75) is 218 Å². The van der Waals surface area contributed by atoms with Gasteiger partial charge in [-0.25, -0.2) is 19.2 Å². The van der Waals surface area contributed by atoms with Crippen molar-refractivity contribution in [2.24, 2.45) is 27.1 Å². The summed E-state index contributed by atoms with van der Waals surface area (Å²) in [7, 11) is -6.20. The molecule has 0 spiro atoms. The lowest BCUT2D eigenvalue weighted by molar-refractivity contribution is -0.141. The Morgan fingerprint density at radius 1 is 0.383 bits per heavy atom. The van der Waals surface area contributed by atoms with Crippen LogP contribution in [0.2, 0.25) is 51.9 Å². The fraction of sp³-hybridized carbons (Fsp3) is 0.881. The number of amides is 4. The summed E-state index contributed by atoms with van der Waals surface area (Å²) in [5.41, 5.74) is -0.632. The molecular formula is C84H168N4O29Si3. The average molecular weight is 1780 g/mol. The molecule has 2 aliphatic rings. The molecule has 8 N–H and O–H groups in total. The zero-order valence-corrected chi connectivity index (χ0v) is 78.2. The molecule has 2 saturated carbocycles. The Morgan fingerprint density at radius 2 is 0.650 bits per heavy atom. The zero-order chi connectivity index (χ0) is 86.1. The van der Waals surface area contributed by atoms with Crippen molar-refractivity contribution >= 4 is 61.1 Å². The fourth-order valence-electron chi connectivity index (χ4n) is 14.7. The summed E-state index contributed by atoms with van der Waals surface area (Å²) < 4.78 is 118. The molecule has 4 atom stereocenters. The van der Waals surface area contributed by atoms with E-state index >= 15 is 0 Å². The predicted molar refractivity (Wildman–Crippen MR) is 470 cm³/mol. The standard InChI is InChI=1S/C82H156N4O27Si3.2CH4.2H2O/c1-19-82(67-107-25-20-58-115(15,16)113-116(17,18)112-114(12,13)14,23-21-72(87)85-70-59-78(6,7)63-80(10,61-70)65-83-76(91)110-56-52-105-48-44-101-40-36-97-32-28-93-26-30-95-34-38-99-42-46-103-50-54-108-74(89)68(2)3)24-22-73(88)86-71-60-79(8,9)64-81(11,62-71)66-84-77(92)111-57-53-106-49-45-102-41-37-98-33-29-94-27-31-96-35-39-100-43-47-104-51-55-109-75(90)69(4)5;;;;/h70-71H,2,4,19-67H2,1,3,5-18H3,(H,83,91)(H,84,92)(H,85,87)(H,86,88);2*1H4;2*1H2. The van der Waals surface area contributed by atoms with Gasteiger partial charge in [0.1, 0.15) is 26.4 Å². The smallest absolute Gasteiger partial charge is 0.407 e. The zero-order valence-electron chi connectivity index (χ0n) is 75.2. The van der Waals surface area contributed by atoms with Crippen molar-refractivity contribution in [2.75, 3.05) is 238 Å². The molecule has 2 aliphatic carbocycles. The Hall–Kier alpha value is -4.21. The number of alkyl carbamates (subject to hydrolysis) is 2. The minimum Gasteiger partial charge on any atom is -0.460 e. The Labute approximate surface area is 724 Å². The summed E-state index contributed by atoms with van der Waals surface area (Å²) in [4.78, 5) is 77.1. The molecule has 2 rings (SSSR count). The second kappa shape index (κ2) is 68.0. The Balaban J connectivity index is -0.0000342. The van der Waals surface area contributed by atoms with Gasteiger partial charge in [0.25, 0.3) is 0 Å². The third-order valence-corrected chi connectivity index (χ3v) is 29.2. The molecular weight excluding hydrogens is 1610 g/mol. The molecule has 36 heteroatoms. The Morgan fingerprint density at radius 3 is 0.908 bits per heavy atom. The van der Waals surface area contributed by atoms with Gasteiger partial charge < -0.3 is 130 Å². The van der Waals surface area contributed by atoms with Gasteiger partial charge in [-0.1, -0.05) is 76.5 Å². The van der Waals surface area contributed by atoms with Gasteiger partial charge in [-0.2, -0.15) is 0 Å². The van der Waals surface area contributed by atoms with Crippen molar-refractivity contribution in [3.05, 3.63) is 24.3 Å². The van der Waals surface area contributed by atoms with Crippen molar-refractivity contribution in [1.29, 1.82) is 0 Å². The molecule has 0 radical (unpaired) electrons. The molecule has 120 heavy (non-hydrogen) atoms. The maximum atomic E-state index is 14.2. The van der Waals surface area contributed by atoms with Crippen LogP contribution in [0.4, 0.5) is 9.59 Å². The van der Waals surface area contributed by atoms with E-state index in [1.807, 2.05) is 0 Å². The minimum absolute atomic E-state index is 0. The van der Waals surface area contributed by atoms with Crippen molar-refractivity contribution in [3.8, 4) is 0 Å². The van der Waals surface area contributed by atoms with Gasteiger partial charge in [0.05, 0.1) is 192 Å². The highest BCUT2D eigenvalue weighted by molar-refractivity contribution is 6.87. The first-order chi connectivity index (χ1) is 54.9. The number of nitrogens with one attached hydrogen (secondary N) is 4. The molecule has 710 valence electrons. The second-order valence-electron chi connectivity index (χ2n) is 34.5. The molecule has 0 bridgehead atoms. The Kier molecular flexibility index (Phi) is 68.0. The molecule has 0 aromatic carbocycles. The minimum atomic E-state index is -2.32. The first-order valence-electron chi connectivity index (χ1n) is 42.0. The van der Waals surface area contributed by atoms with Crippen molar-refractivity contribution < 1.29 is 138 Å². The van der Waals surface area contributed by atoms with Crippen LogP contribution in [-0.2, 0) is 117 Å². The van der Waals surface area contributed by atoms with Gasteiger partial charge in [-0.05, 0) is 157 Å². The third kappa shape index (κ3) is 65.4. The van der Waals surface area contributed by atoms with E-state index in [4.69, 9.17) is 98.2 Å². The molecule has 4 unspecified atom stereocenters. The SMILES string of the molecule is C.C.C=C(C)C(=O)OCCOCCOCCOCCOCCOCCOCCOCCOC(=O)NCC1(C)CC(NC(=O)CCC(CC)(CCC(=O)NC2CC(C)(C)CC(C)(CNC(=O)OCCOCCOCCOCCOCCOCCOCCOCCOC(=O)C(=C)C)C2)COCCC[Si](C)(C)O[Si](C)(C)O[Si](C)(C)C)CC(C)(C)C1.O.O. The Bertz CT molecular complexity index is 2560. The highest BCUT2D eigenvalue weighted by atomic mass is 28.5. The van der Waals surface area contributed by atoms with Crippen LogP contribution in [0.1, 0.15) is 154 Å². The summed E-state index contributed by atoms with van der Waals surface area (Å²) in [6, 6.07) is 0.677. The first kappa shape index (κ1) is 120. The van der Waals surface area contributed by atoms with E-state index in [1.165, 1.54) is 0 Å².